The smallest absolute Gasteiger partial charge is 0.147 e. The first-order chi connectivity index (χ1) is 6.71. The summed E-state index contributed by atoms with van der Waals surface area (Å²) in [4.78, 5) is 8.44. The minimum atomic E-state index is -0.350. The van der Waals surface area contributed by atoms with Gasteiger partial charge in [-0.15, -0.1) is 12.4 Å². The Balaban J connectivity index is 0.00000112. The highest BCUT2D eigenvalue weighted by atomic mass is 35.5. The summed E-state index contributed by atoms with van der Waals surface area (Å²) in [5.41, 5.74) is 11.7. The normalized spacial score (nSPS) is 30.7. The van der Waals surface area contributed by atoms with Crippen LogP contribution in [0.3, 0.4) is 0 Å². The Bertz CT molecular complexity index is 296. The molecular formula is C10H17ClN4. The highest BCUT2D eigenvalue weighted by molar-refractivity contribution is 5.85. The molecule has 2 rings (SSSR count). The molecule has 0 aromatic carbocycles. The number of aromatic nitrogens is 2. The van der Waals surface area contributed by atoms with E-state index in [2.05, 4.69) is 9.97 Å². The molecule has 1 aliphatic rings. The minimum Gasteiger partial charge on any atom is -0.328 e. The molecule has 1 aromatic rings. The van der Waals surface area contributed by atoms with Gasteiger partial charge in [-0.1, -0.05) is 0 Å². The Labute approximate surface area is 95.9 Å². The highest BCUT2D eigenvalue weighted by Gasteiger charge is 2.34. The first-order valence-electron chi connectivity index (χ1n) is 5.03. The molecule has 0 spiro atoms. The lowest BCUT2D eigenvalue weighted by atomic mass is 9.80. The van der Waals surface area contributed by atoms with Gasteiger partial charge in [0.2, 0.25) is 0 Å². The van der Waals surface area contributed by atoms with Crippen LogP contribution in [-0.2, 0) is 5.54 Å². The van der Waals surface area contributed by atoms with Crippen molar-refractivity contribution in [2.75, 3.05) is 0 Å². The van der Waals surface area contributed by atoms with Gasteiger partial charge < -0.3 is 11.5 Å². The van der Waals surface area contributed by atoms with Crippen LogP contribution in [0.5, 0.6) is 0 Å². The lowest BCUT2D eigenvalue weighted by Gasteiger charge is -2.34. The van der Waals surface area contributed by atoms with Crippen molar-refractivity contribution in [2.24, 2.45) is 11.5 Å². The van der Waals surface area contributed by atoms with E-state index in [1.54, 1.807) is 18.5 Å². The molecule has 1 aliphatic carbocycles. The summed E-state index contributed by atoms with van der Waals surface area (Å²) in [6.45, 7) is 0. The number of hydrogen-bond donors (Lipinski definition) is 2. The monoisotopic (exact) mass is 228 g/mol. The molecule has 84 valence electrons. The summed E-state index contributed by atoms with van der Waals surface area (Å²) in [6.07, 6.45) is 7.19. The van der Waals surface area contributed by atoms with Crippen LogP contribution in [0.4, 0.5) is 0 Å². The summed E-state index contributed by atoms with van der Waals surface area (Å²) in [5, 5.41) is 0. The number of rotatable bonds is 1. The zero-order valence-electron chi connectivity index (χ0n) is 8.60. The summed E-state index contributed by atoms with van der Waals surface area (Å²) in [6, 6.07) is 2.11. The van der Waals surface area contributed by atoms with Gasteiger partial charge >= 0.3 is 0 Å². The molecule has 1 fully saturated rings. The Hall–Kier alpha value is -0.710. The Morgan fingerprint density at radius 2 is 1.73 bits per heavy atom. The zero-order chi connectivity index (χ0) is 10.0. The second-order valence-electron chi connectivity index (χ2n) is 4.07. The molecule has 0 saturated heterocycles. The second-order valence-corrected chi connectivity index (χ2v) is 4.07. The van der Waals surface area contributed by atoms with Gasteiger partial charge in [0.25, 0.3) is 0 Å². The molecule has 1 aromatic heterocycles. The molecule has 15 heavy (non-hydrogen) atoms. The largest absolute Gasteiger partial charge is 0.328 e. The van der Waals surface area contributed by atoms with E-state index in [-0.39, 0.29) is 17.9 Å². The predicted molar refractivity (Wildman–Crippen MR) is 61.6 cm³/mol. The SMILES string of the molecule is Cl.NC1CCC(N)(c2ncccn2)CC1. The molecule has 5 heteroatoms. The lowest BCUT2D eigenvalue weighted by Crippen LogP contribution is -2.44. The molecule has 1 saturated carbocycles. The fourth-order valence-corrected chi connectivity index (χ4v) is 1.94. The lowest BCUT2D eigenvalue weighted by molar-refractivity contribution is 0.264. The van der Waals surface area contributed by atoms with E-state index >= 15 is 0 Å². The first-order valence-corrected chi connectivity index (χ1v) is 5.03. The van der Waals surface area contributed by atoms with E-state index in [4.69, 9.17) is 11.5 Å². The van der Waals surface area contributed by atoms with Crippen molar-refractivity contribution in [3.05, 3.63) is 24.3 Å². The van der Waals surface area contributed by atoms with Crippen molar-refractivity contribution in [3.63, 3.8) is 0 Å². The Morgan fingerprint density at radius 3 is 2.27 bits per heavy atom. The maximum Gasteiger partial charge on any atom is 0.147 e. The van der Waals surface area contributed by atoms with E-state index in [1.807, 2.05) is 0 Å². The maximum atomic E-state index is 6.26. The first kappa shape index (κ1) is 12.4. The standard InChI is InChI=1S/C10H16N4.ClH/c11-8-2-4-10(12,5-3-8)9-13-6-1-7-14-9;/h1,6-8H,2-5,11-12H2;1H. The van der Waals surface area contributed by atoms with E-state index in [0.717, 1.165) is 31.5 Å². The van der Waals surface area contributed by atoms with Gasteiger partial charge in [0.15, 0.2) is 0 Å². The summed E-state index contributed by atoms with van der Waals surface area (Å²) < 4.78 is 0. The van der Waals surface area contributed by atoms with Crippen LogP contribution in [0.25, 0.3) is 0 Å². The molecule has 0 bridgehead atoms. The number of halogens is 1. The van der Waals surface area contributed by atoms with Crippen LogP contribution in [0, 0.1) is 0 Å². The van der Waals surface area contributed by atoms with Gasteiger partial charge in [0, 0.05) is 18.4 Å². The van der Waals surface area contributed by atoms with E-state index in [1.165, 1.54) is 0 Å². The molecule has 0 radical (unpaired) electrons. The quantitative estimate of drug-likeness (QED) is 0.751. The van der Waals surface area contributed by atoms with Gasteiger partial charge in [-0.25, -0.2) is 9.97 Å². The Kier molecular flexibility index (Phi) is 4.02. The van der Waals surface area contributed by atoms with Gasteiger partial charge in [-0.2, -0.15) is 0 Å². The van der Waals surface area contributed by atoms with Crippen molar-refractivity contribution in [1.82, 2.24) is 9.97 Å². The minimum absolute atomic E-state index is 0. The van der Waals surface area contributed by atoms with Crippen molar-refractivity contribution in [1.29, 1.82) is 0 Å². The van der Waals surface area contributed by atoms with Crippen LogP contribution in [0.2, 0.25) is 0 Å². The van der Waals surface area contributed by atoms with E-state index in [9.17, 15) is 0 Å². The zero-order valence-corrected chi connectivity index (χ0v) is 9.41. The topological polar surface area (TPSA) is 77.8 Å². The van der Waals surface area contributed by atoms with Crippen LogP contribution in [-0.4, -0.2) is 16.0 Å². The summed E-state index contributed by atoms with van der Waals surface area (Å²) in [7, 11) is 0. The molecule has 1 heterocycles. The van der Waals surface area contributed by atoms with Crippen LogP contribution >= 0.6 is 12.4 Å². The van der Waals surface area contributed by atoms with Gasteiger partial charge in [0.1, 0.15) is 5.82 Å². The van der Waals surface area contributed by atoms with Gasteiger partial charge in [-0.3, -0.25) is 0 Å². The Morgan fingerprint density at radius 1 is 1.20 bits per heavy atom. The van der Waals surface area contributed by atoms with Crippen LogP contribution in [0.15, 0.2) is 18.5 Å². The number of hydrogen-bond acceptors (Lipinski definition) is 4. The average molecular weight is 229 g/mol. The van der Waals surface area contributed by atoms with Crippen LogP contribution in [0.1, 0.15) is 31.5 Å². The average Bonchev–Trinajstić information content (AvgIpc) is 2.24. The third-order valence-electron chi connectivity index (χ3n) is 2.93. The van der Waals surface area contributed by atoms with E-state index < -0.39 is 0 Å². The van der Waals surface area contributed by atoms with Crippen molar-refractivity contribution < 1.29 is 0 Å². The summed E-state index contributed by atoms with van der Waals surface area (Å²) >= 11 is 0. The van der Waals surface area contributed by atoms with E-state index in [0.29, 0.717) is 6.04 Å². The van der Waals surface area contributed by atoms with Crippen molar-refractivity contribution in [3.8, 4) is 0 Å². The maximum absolute atomic E-state index is 6.26. The molecule has 0 atom stereocenters. The molecule has 0 amide bonds. The van der Waals surface area contributed by atoms with Gasteiger partial charge in [0.05, 0.1) is 5.54 Å². The molecular weight excluding hydrogens is 212 g/mol. The molecule has 0 unspecified atom stereocenters. The van der Waals surface area contributed by atoms with Crippen molar-refractivity contribution in [2.45, 2.75) is 37.3 Å². The third-order valence-corrected chi connectivity index (χ3v) is 2.93. The van der Waals surface area contributed by atoms with Gasteiger partial charge in [-0.05, 0) is 31.7 Å². The second kappa shape index (κ2) is 4.88. The predicted octanol–water partition coefficient (Wildman–Crippen LogP) is 0.954. The molecule has 0 aliphatic heterocycles. The fourth-order valence-electron chi connectivity index (χ4n) is 1.94. The van der Waals surface area contributed by atoms with Crippen molar-refractivity contribution >= 4 is 12.4 Å². The fraction of sp³-hybridized carbons (Fsp3) is 0.600. The number of nitrogens with two attached hydrogens (primary N) is 2. The third kappa shape index (κ3) is 2.65. The number of nitrogens with zero attached hydrogens (tertiary/aromatic N) is 2. The molecule has 4 N–H and O–H groups in total. The highest BCUT2D eigenvalue weighted by Crippen LogP contribution is 2.31. The molecule has 4 nitrogen and oxygen atoms in total. The summed E-state index contributed by atoms with van der Waals surface area (Å²) in [5.74, 6) is 0.756. The van der Waals surface area contributed by atoms with Crippen LogP contribution < -0.4 is 11.5 Å².